The minimum absolute atomic E-state index is 0. The Bertz CT molecular complexity index is 708. The SMILES string of the molecule is CCNC(=NCCNS(=O)(=O)CC)NC1CCN(S(=O)(=O)C(F)(F)F)CC1.I. The van der Waals surface area contributed by atoms with Crippen molar-refractivity contribution >= 4 is 50.0 Å². The van der Waals surface area contributed by atoms with Gasteiger partial charge in [-0.2, -0.15) is 17.5 Å². The molecule has 1 heterocycles. The highest BCUT2D eigenvalue weighted by molar-refractivity contribution is 14.0. The lowest BCUT2D eigenvalue weighted by Gasteiger charge is -2.32. The molecule has 1 saturated heterocycles. The molecule has 168 valence electrons. The zero-order chi connectivity index (χ0) is 20.7. The quantitative estimate of drug-likeness (QED) is 0.170. The molecule has 15 heteroatoms. The molecule has 0 bridgehead atoms. The Kier molecular flexibility index (Phi) is 11.5. The standard InChI is InChI=1S/C13H26F3N5O4S2.HI/c1-3-17-12(18-7-8-19-26(22,23)4-2)20-11-5-9-21(10-6-11)27(24,25)13(14,15)16;/h11,19H,3-10H2,1-2H3,(H2,17,18,20);1H. The van der Waals surface area contributed by atoms with Crippen molar-refractivity contribution in [2.24, 2.45) is 4.99 Å². The molecule has 3 N–H and O–H groups in total. The highest BCUT2D eigenvalue weighted by Crippen LogP contribution is 2.28. The van der Waals surface area contributed by atoms with E-state index in [1.54, 1.807) is 0 Å². The molecule has 0 aromatic rings. The second-order valence-electron chi connectivity index (χ2n) is 5.83. The third kappa shape index (κ3) is 8.54. The molecule has 0 aromatic carbocycles. The van der Waals surface area contributed by atoms with E-state index in [1.165, 1.54) is 6.92 Å². The van der Waals surface area contributed by atoms with Crippen molar-refractivity contribution in [1.29, 1.82) is 0 Å². The van der Waals surface area contributed by atoms with E-state index in [0.717, 1.165) is 0 Å². The second kappa shape index (κ2) is 11.7. The van der Waals surface area contributed by atoms with Crippen molar-refractivity contribution in [3.8, 4) is 0 Å². The molecule has 1 aliphatic heterocycles. The van der Waals surface area contributed by atoms with Gasteiger partial charge in [0.1, 0.15) is 0 Å². The molecule has 28 heavy (non-hydrogen) atoms. The third-order valence-electron chi connectivity index (χ3n) is 3.86. The van der Waals surface area contributed by atoms with Crippen LogP contribution in [0.4, 0.5) is 13.2 Å². The van der Waals surface area contributed by atoms with Crippen molar-refractivity contribution in [3.05, 3.63) is 0 Å². The lowest BCUT2D eigenvalue weighted by Crippen LogP contribution is -2.51. The van der Waals surface area contributed by atoms with Crippen LogP contribution in [0, 0.1) is 0 Å². The van der Waals surface area contributed by atoms with E-state index in [2.05, 4.69) is 20.3 Å². The van der Waals surface area contributed by atoms with Crippen LogP contribution in [-0.2, 0) is 20.0 Å². The minimum Gasteiger partial charge on any atom is -0.357 e. The van der Waals surface area contributed by atoms with Crippen LogP contribution in [0.25, 0.3) is 0 Å². The summed E-state index contributed by atoms with van der Waals surface area (Å²) >= 11 is 0. The molecule has 1 aliphatic rings. The van der Waals surface area contributed by atoms with Crippen LogP contribution in [0.2, 0.25) is 0 Å². The number of nitrogens with zero attached hydrogens (tertiary/aromatic N) is 2. The summed E-state index contributed by atoms with van der Waals surface area (Å²) < 4.78 is 86.1. The van der Waals surface area contributed by atoms with Gasteiger partial charge in [-0.15, -0.1) is 24.0 Å². The minimum atomic E-state index is -5.30. The fourth-order valence-corrected chi connectivity index (χ4v) is 3.96. The molecular weight excluding hydrogens is 538 g/mol. The fourth-order valence-electron chi connectivity index (χ4n) is 2.37. The number of piperidine rings is 1. The third-order valence-corrected chi connectivity index (χ3v) is 6.89. The smallest absolute Gasteiger partial charge is 0.357 e. The van der Waals surface area contributed by atoms with E-state index in [1.807, 2.05) is 6.92 Å². The van der Waals surface area contributed by atoms with Crippen LogP contribution >= 0.6 is 24.0 Å². The maximum absolute atomic E-state index is 12.6. The summed E-state index contributed by atoms with van der Waals surface area (Å²) in [4.78, 5) is 4.21. The largest absolute Gasteiger partial charge is 0.511 e. The number of halogens is 4. The normalized spacial score (nSPS) is 17.8. The summed E-state index contributed by atoms with van der Waals surface area (Å²) in [5.74, 6) is 0.361. The summed E-state index contributed by atoms with van der Waals surface area (Å²) in [5.41, 5.74) is -5.30. The predicted molar refractivity (Wildman–Crippen MR) is 112 cm³/mol. The average molecular weight is 565 g/mol. The zero-order valence-corrected chi connectivity index (χ0v) is 19.6. The molecule has 1 rings (SSSR count). The van der Waals surface area contributed by atoms with Crippen LogP contribution in [0.15, 0.2) is 4.99 Å². The Balaban J connectivity index is 0.00000729. The second-order valence-corrected chi connectivity index (χ2v) is 9.85. The summed E-state index contributed by atoms with van der Waals surface area (Å²) in [5, 5.41) is 6.00. The number of rotatable bonds is 8. The van der Waals surface area contributed by atoms with Crippen LogP contribution in [0.1, 0.15) is 26.7 Å². The predicted octanol–water partition coefficient (Wildman–Crippen LogP) is 0.413. The number of alkyl halides is 3. The Morgan fingerprint density at radius 2 is 1.71 bits per heavy atom. The highest BCUT2D eigenvalue weighted by Gasteiger charge is 2.50. The number of hydrogen-bond acceptors (Lipinski definition) is 5. The summed E-state index contributed by atoms with van der Waals surface area (Å²) in [7, 11) is -8.60. The van der Waals surface area contributed by atoms with Gasteiger partial charge < -0.3 is 10.6 Å². The van der Waals surface area contributed by atoms with Crippen molar-refractivity contribution in [1.82, 2.24) is 19.7 Å². The Labute approximate surface area is 181 Å². The van der Waals surface area contributed by atoms with Gasteiger partial charge in [0.15, 0.2) is 5.96 Å². The molecule has 0 saturated carbocycles. The van der Waals surface area contributed by atoms with Gasteiger partial charge in [0, 0.05) is 32.2 Å². The van der Waals surface area contributed by atoms with Crippen molar-refractivity contribution in [3.63, 3.8) is 0 Å². The van der Waals surface area contributed by atoms with E-state index in [0.29, 0.717) is 16.8 Å². The first kappa shape index (κ1) is 27.6. The Morgan fingerprint density at radius 3 is 2.18 bits per heavy atom. The maximum atomic E-state index is 12.6. The lowest BCUT2D eigenvalue weighted by molar-refractivity contribution is -0.0494. The summed E-state index contributed by atoms with van der Waals surface area (Å²) in [6, 6.07) is -0.241. The fraction of sp³-hybridized carbons (Fsp3) is 0.923. The zero-order valence-electron chi connectivity index (χ0n) is 15.6. The topological polar surface area (TPSA) is 120 Å². The van der Waals surface area contributed by atoms with Gasteiger partial charge in [0.25, 0.3) is 0 Å². The van der Waals surface area contributed by atoms with E-state index < -0.39 is 25.6 Å². The van der Waals surface area contributed by atoms with Crippen LogP contribution in [0.5, 0.6) is 0 Å². The first-order chi connectivity index (χ1) is 12.4. The molecule has 0 aromatic heterocycles. The molecule has 0 spiro atoms. The van der Waals surface area contributed by atoms with Gasteiger partial charge in [-0.3, -0.25) is 4.99 Å². The summed E-state index contributed by atoms with van der Waals surface area (Å²) in [6.07, 6.45) is 0.393. The van der Waals surface area contributed by atoms with Crippen molar-refractivity contribution in [2.75, 3.05) is 38.5 Å². The van der Waals surface area contributed by atoms with Gasteiger partial charge in [-0.25, -0.2) is 21.6 Å². The maximum Gasteiger partial charge on any atom is 0.511 e. The van der Waals surface area contributed by atoms with E-state index in [9.17, 15) is 30.0 Å². The van der Waals surface area contributed by atoms with Gasteiger partial charge in [0.2, 0.25) is 10.0 Å². The number of nitrogens with one attached hydrogen (secondary N) is 3. The number of sulfonamides is 2. The first-order valence-electron chi connectivity index (χ1n) is 8.51. The van der Waals surface area contributed by atoms with Gasteiger partial charge in [0.05, 0.1) is 12.3 Å². The Hall–Kier alpha value is -0.390. The van der Waals surface area contributed by atoms with Gasteiger partial charge in [-0.05, 0) is 26.7 Å². The Morgan fingerprint density at radius 1 is 1.14 bits per heavy atom. The molecule has 0 amide bonds. The van der Waals surface area contributed by atoms with Gasteiger partial charge in [-0.1, -0.05) is 0 Å². The van der Waals surface area contributed by atoms with Crippen molar-refractivity contribution in [2.45, 2.75) is 38.2 Å². The average Bonchev–Trinajstić information content (AvgIpc) is 2.58. The molecular formula is C13H27F3IN5O4S2. The molecule has 0 radical (unpaired) electrons. The molecule has 0 aliphatic carbocycles. The highest BCUT2D eigenvalue weighted by atomic mass is 127. The number of guanidine groups is 1. The van der Waals surface area contributed by atoms with E-state index >= 15 is 0 Å². The summed E-state index contributed by atoms with van der Waals surface area (Å²) in [6.45, 7) is 3.70. The van der Waals surface area contributed by atoms with Crippen LogP contribution in [-0.4, -0.2) is 77.1 Å². The monoisotopic (exact) mass is 565 g/mol. The molecule has 0 unspecified atom stereocenters. The number of aliphatic imine (C=N–C) groups is 1. The molecule has 0 atom stereocenters. The lowest BCUT2D eigenvalue weighted by atomic mass is 10.1. The molecule has 9 nitrogen and oxygen atoms in total. The molecule has 1 fully saturated rings. The van der Waals surface area contributed by atoms with E-state index in [4.69, 9.17) is 0 Å². The van der Waals surface area contributed by atoms with Crippen LogP contribution in [0.3, 0.4) is 0 Å². The van der Waals surface area contributed by atoms with Gasteiger partial charge >= 0.3 is 15.5 Å². The van der Waals surface area contributed by atoms with Crippen LogP contribution < -0.4 is 15.4 Å². The van der Waals surface area contributed by atoms with Crippen molar-refractivity contribution < 1.29 is 30.0 Å². The first-order valence-corrected chi connectivity index (χ1v) is 11.6. The van der Waals surface area contributed by atoms with E-state index in [-0.39, 0.29) is 74.8 Å². The number of hydrogen-bond donors (Lipinski definition) is 3.